The molecule has 0 aliphatic heterocycles. The molecule has 0 spiro atoms. The largest absolute Gasteiger partial charge is 0.379 e. The van der Waals surface area contributed by atoms with Crippen molar-refractivity contribution in [1.82, 2.24) is 0 Å². The molecule has 4 nitrogen and oxygen atoms in total. The summed E-state index contributed by atoms with van der Waals surface area (Å²) in [5.74, 6) is -2.96. The lowest BCUT2D eigenvalue weighted by Crippen LogP contribution is -2.31. The van der Waals surface area contributed by atoms with Gasteiger partial charge in [-0.3, -0.25) is 0 Å². The van der Waals surface area contributed by atoms with Gasteiger partial charge in [0, 0.05) is 13.2 Å². The fraction of sp³-hybridized carbons (Fsp3) is 1.00. The highest BCUT2D eigenvalue weighted by molar-refractivity contribution is 4.63. The van der Waals surface area contributed by atoms with Crippen molar-refractivity contribution >= 4 is 0 Å². The number of rotatable bonds is 12. The topological polar surface area (TPSA) is 36.9 Å². The Balaban J connectivity index is 3.38. The summed E-state index contributed by atoms with van der Waals surface area (Å²) in [6, 6.07) is 0. The van der Waals surface area contributed by atoms with E-state index in [0.29, 0.717) is 26.4 Å². The first kappa shape index (κ1) is 16.7. The summed E-state index contributed by atoms with van der Waals surface area (Å²) >= 11 is 0. The quantitative estimate of drug-likeness (QED) is 0.498. The molecule has 0 saturated heterocycles. The summed E-state index contributed by atoms with van der Waals surface area (Å²) in [6.45, 7) is 4.49. The van der Waals surface area contributed by atoms with Gasteiger partial charge in [0.2, 0.25) is 0 Å². The molecule has 0 unspecified atom stereocenters. The number of halogens is 2. The standard InChI is InChI=1S/C11H22F2O4/c1-3-14-5-7-16-9-11(12,13)10-17-8-6-15-4-2/h3-10H2,1-2H3. The Morgan fingerprint density at radius 1 is 0.706 bits per heavy atom. The Kier molecular flexibility index (Phi) is 10.6. The molecular formula is C11H22F2O4. The van der Waals surface area contributed by atoms with E-state index < -0.39 is 19.1 Å². The molecule has 0 heterocycles. The molecule has 0 aliphatic rings. The molecule has 0 amide bonds. The van der Waals surface area contributed by atoms with Crippen LogP contribution in [-0.4, -0.2) is 58.8 Å². The minimum absolute atomic E-state index is 0.169. The van der Waals surface area contributed by atoms with Crippen LogP contribution in [0.1, 0.15) is 13.8 Å². The highest BCUT2D eigenvalue weighted by Gasteiger charge is 2.29. The lowest BCUT2D eigenvalue weighted by molar-refractivity contribution is -0.131. The summed E-state index contributed by atoms with van der Waals surface area (Å²) in [5.41, 5.74) is 0. The molecule has 6 heteroatoms. The average molecular weight is 256 g/mol. The third kappa shape index (κ3) is 12.0. The van der Waals surface area contributed by atoms with E-state index in [1.807, 2.05) is 13.8 Å². The highest BCUT2D eigenvalue weighted by atomic mass is 19.3. The van der Waals surface area contributed by atoms with Crippen molar-refractivity contribution in [2.24, 2.45) is 0 Å². The molecule has 0 saturated carbocycles. The van der Waals surface area contributed by atoms with E-state index in [-0.39, 0.29) is 13.2 Å². The van der Waals surface area contributed by atoms with E-state index in [1.54, 1.807) is 0 Å². The molecule has 0 aromatic rings. The van der Waals surface area contributed by atoms with Crippen LogP contribution >= 0.6 is 0 Å². The van der Waals surface area contributed by atoms with Crippen LogP contribution in [-0.2, 0) is 18.9 Å². The minimum Gasteiger partial charge on any atom is -0.379 e. The molecule has 0 aromatic heterocycles. The van der Waals surface area contributed by atoms with Crippen LogP contribution in [0.15, 0.2) is 0 Å². The minimum atomic E-state index is -2.96. The van der Waals surface area contributed by atoms with Crippen LogP contribution in [0.2, 0.25) is 0 Å². The van der Waals surface area contributed by atoms with Crippen molar-refractivity contribution in [3.05, 3.63) is 0 Å². The Bertz CT molecular complexity index is 152. The van der Waals surface area contributed by atoms with Gasteiger partial charge >= 0.3 is 0 Å². The van der Waals surface area contributed by atoms with E-state index in [4.69, 9.17) is 18.9 Å². The molecule has 104 valence electrons. The van der Waals surface area contributed by atoms with Crippen molar-refractivity contribution in [2.45, 2.75) is 19.8 Å². The zero-order chi connectivity index (χ0) is 13.0. The average Bonchev–Trinajstić information content (AvgIpc) is 2.28. The lowest BCUT2D eigenvalue weighted by Gasteiger charge is -2.16. The van der Waals surface area contributed by atoms with Crippen molar-refractivity contribution < 1.29 is 27.7 Å². The second-order valence-electron chi connectivity index (χ2n) is 3.35. The monoisotopic (exact) mass is 256 g/mol. The van der Waals surface area contributed by atoms with Crippen molar-refractivity contribution in [1.29, 1.82) is 0 Å². The third-order valence-corrected chi connectivity index (χ3v) is 1.78. The van der Waals surface area contributed by atoms with Crippen LogP contribution in [0, 0.1) is 0 Å². The predicted octanol–water partition coefficient (Wildman–Crippen LogP) is 1.73. The SMILES string of the molecule is CCOCCOCC(F)(F)COCCOCC. The fourth-order valence-corrected chi connectivity index (χ4v) is 1.01. The van der Waals surface area contributed by atoms with E-state index in [0.717, 1.165) is 0 Å². The maximum absolute atomic E-state index is 13.1. The maximum atomic E-state index is 13.1. The number of hydrogen-bond donors (Lipinski definition) is 0. The second kappa shape index (κ2) is 10.8. The summed E-state index contributed by atoms with van der Waals surface area (Å²) in [5, 5.41) is 0. The zero-order valence-electron chi connectivity index (χ0n) is 10.5. The predicted molar refractivity (Wildman–Crippen MR) is 59.6 cm³/mol. The number of ether oxygens (including phenoxy) is 4. The molecule has 0 radical (unpaired) electrons. The highest BCUT2D eigenvalue weighted by Crippen LogP contribution is 2.14. The zero-order valence-corrected chi connectivity index (χ0v) is 10.5. The Labute approximate surface area is 101 Å². The van der Waals surface area contributed by atoms with Crippen LogP contribution in [0.25, 0.3) is 0 Å². The Hall–Kier alpha value is -0.300. The Morgan fingerprint density at radius 2 is 1.06 bits per heavy atom. The van der Waals surface area contributed by atoms with E-state index in [9.17, 15) is 8.78 Å². The van der Waals surface area contributed by atoms with Gasteiger partial charge in [-0.05, 0) is 13.8 Å². The van der Waals surface area contributed by atoms with Gasteiger partial charge in [-0.2, -0.15) is 0 Å². The maximum Gasteiger partial charge on any atom is 0.293 e. The van der Waals surface area contributed by atoms with Gasteiger partial charge in [0.15, 0.2) is 0 Å². The normalized spacial score (nSPS) is 12.0. The van der Waals surface area contributed by atoms with Gasteiger partial charge in [0.1, 0.15) is 13.2 Å². The number of alkyl halides is 2. The van der Waals surface area contributed by atoms with Gasteiger partial charge in [0.05, 0.1) is 26.4 Å². The summed E-state index contributed by atoms with van der Waals surface area (Å²) in [6.07, 6.45) is 0. The second-order valence-corrected chi connectivity index (χ2v) is 3.35. The third-order valence-electron chi connectivity index (χ3n) is 1.78. The van der Waals surface area contributed by atoms with Gasteiger partial charge in [-0.25, -0.2) is 8.78 Å². The molecule has 0 aliphatic carbocycles. The van der Waals surface area contributed by atoms with E-state index in [1.165, 1.54) is 0 Å². The van der Waals surface area contributed by atoms with Crippen LogP contribution in [0.4, 0.5) is 8.78 Å². The fourth-order valence-electron chi connectivity index (χ4n) is 1.01. The summed E-state index contributed by atoms with van der Waals surface area (Å²) in [4.78, 5) is 0. The van der Waals surface area contributed by atoms with E-state index >= 15 is 0 Å². The van der Waals surface area contributed by atoms with Gasteiger partial charge in [-0.15, -0.1) is 0 Å². The van der Waals surface area contributed by atoms with Crippen LogP contribution < -0.4 is 0 Å². The van der Waals surface area contributed by atoms with Gasteiger partial charge in [0.25, 0.3) is 5.92 Å². The molecule has 0 aromatic carbocycles. The van der Waals surface area contributed by atoms with Crippen molar-refractivity contribution in [3.8, 4) is 0 Å². The summed E-state index contributed by atoms with van der Waals surface area (Å²) in [7, 11) is 0. The molecule has 0 N–H and O–H groups in total. The Morgan fingerprint density at radius 3 is 1.41 bits per heavy atom. The summed E-state index contributed by atoms with van der Waals surface area (Å²) < 4.78 is 45.7. The molecule has 0 bridgehead atoms. The lowest BCUT2D eigenvalue weighted by atomic mass is 10.4. The van der Waals surface area contributed by atoms with Crippen molar-refractivity contribution in [2.75, 3.05) is 52.9 Å². The first-order valence-electron chi connectivity index (χ1n) is 5.81. The molecular weight excluding hydrogens is 234 g/mol. The molecule has 17 heavy (non-hydrogen) atoms. The molecule has 0 fully saturated rings. The molecule has 0 atom stereocenters. The smallest absolute Gasteiger partial charge is 0.293 e. The first-order chi connectivity index (χ1) is 8.12. The van der Waals surface area contributed by atoms with Gasteiger partial charge in [-0.1, -0.05) is 0 Å². The van der Waals surface area contributed by atoms with Crippen LogP contribution in [0.5, 0.6) is 0 Å². The van der Waals surface area contributed by atoms with Crippen molar-refractivity contribution in [3.63, 3.8) is 0 Å². The van der Waals surface area contributed by atoms with Crippen LogP contribution in [0.3, 0.4) is 0 Å². The van der Waals surface area contributed by atoms with Gasteiger partial charge < -0.3 is 18.9 Å². The molecule has 0 rings (SSSR count). The first-order valence-corrected chi connectivity index (χ1v) is 5.81. The number of hydrogen-bond acceptors (Lipinski definition) is 4. The van der Waals surface area contributed by atoms with E-state index in [2.05, 4.69) is 0 Å².